The minimum atomic E-state index is -0.202. The Bertz CT molecular complexity index is 766. The van der Waals surface area contributed by atoms with Crippen LogP contribution in [-0.2, 0) is 13.0 Å². The van der Waals surface area contributed by atoms with E-state index in [1.807, 2.05) is 36.0 Å². The highest BCUT2D eigenvalue weighted by Crippen LogP contribution is 2.30. The van der Waals surface area contributed by atoms with Gasteiger partial charge in [0.05, 0.1) is 5.03 Å². The Hall–Kier alpha value is -2.07. The van der Waals surface area contributed by atoms with Crippen LogP contribution in [0.15, 0.2) is 71.8 Å². The van der Waals surface area contributed by atoms with Gasteiger partial charge in [-0.1, -0.05) is 43.3 Å². The number of aryl methyl sites for hydroxylation is 1. The zero-order chi connectivity index (χ0) is 18.4. The van der Waals surface area contributed by atoms with Crippen LogP contribution >= 0.6 is 11.8 Å². The number of hydrogen-bond acceptors (Lipinski definition) is 2. The quantitative estimate of drug-likeness (QED) is 0.593. The van der Waals surface area contributed by atoms with Gasteiger partial charge in [-0.05, 0) is 54.3 Å². The predicted octanol–water partition coefficient (Wildman–Crippen LogP) is 5.93. The second kappa shape index (κ2) is 9.04. The standard InChI is InChI=1S/C22H23F2NS/c1-17(5-6-18-7-11-20(23)12-8-18)26-22-4-2-3-15-25(22)16-19-9-13-21(24)14-10-19/h2-4,7-14,17H,5-6,15-16H2,1H3. The van der Waals surface area contributed by atoms with E-state index in [4.69, 9.17) is 0 Å². The largest absolute Gasteiger partial charge is 0.358 e. The lowest BCUT2D eigenvalue weighted by atomic mass is 10.1. The van der Waals surface area contributed by atoms with Crippen LogP contribution in [0.5, 0.6) is 0 Å². The van der Waals surface area contributed by atoms with Crippen LogP contribution in [0.2, 0.25) is 0 Å². The molecule has 0 amide bonds. The molecule has 0 aliphatic carbocycles. The Labute approximate surface area is 158 Å². The van der Waals surface area contributed by atoms with Crippen molar-refractivity contribution in [1.82, 2.24) is 4.90 Å². The summed E-state index contributed by atoms with van der Waals surface area (Å²) in [6.45, 7) is 3.86. The van der Waals surface area contributed by atoms with Gasteiger partial charge >= 0.3 is 0 Å². The van der Waals surface area contributed by atoms with Gasteiger partial charge in [0.2, 0.25) is 0 Å². The van der Waals surface area contributed by atoms with Crippen molar-refractivity contribution in [1.29, 1.82) is 0 Å². The number of rotatable bonds is 7. The minimum absolute atomic E-state index is 0.188. The van der Waals surface area contributed by atoms with Crippen LogP contribution < -0.4 is 0 Å². The average molecular weight is 371 g/mol. The molecule has 1 aliphatic heterocycles. The molecule has 0 saturated carbocycles. The first kappa shape index (κ1) is 18.7. The molecular formula is C22H23F2NS. The number of thioether (sulfide) groups is 1. The van der Waals surface area contributed by atoms with Crippen LogP contribution in [0.1, 0.15) is 24.5 Å². The van der Waals surface area contributed by atoms with E-state index < -0.39 is 0 Å². The molecule has 1 atom stereocenters. The van der Waals surface area contributed by atoms with Crippen molar-refractivity contribution in [3.63, 3.8) is 0 Å². The molecule has 1 unspecified atom stereocenters. The second-order valence-electron chi connectivity index (χ2n) is 6.53. The molecule has 26 heavy (non-hydrogen) atoms. The molecule has 0 aromatic heterocycles. The third-order valence-corrected chi connectivity index (χ3v) is 5.65. The zero-order valence-corrected chi connectivity index (χ0v) is 15.7. The summed E-state index contributed by atoms with van der Waals surface area (Å²) in [5, 5.41) is 1.69. The first-order valence-electron chi connectivity index (χ1n) is 8.87. The molecule has 0 spiro atoms. The van der Waals surface area contributed by atoms with Gasteiger partial charge in [0.15, 0.2) is 0 Å². The highest BCUT2D eigenvalue weighted by molar-refractivity contribution is 8.03. The van der Waals surface area contributed by atoms with Crippen molar-refractivity contribution in [2.24, 2.45) is 0 Å². The Morgan fingerprint density at radius 2 is 1.58 bits per heavy atom. The summed E-state index contributed by atoms with van der Waals surface area (Å²) < 4.78 is 26.1. The van der Waals surface area contributed by atoms with E-state index in [9.17, 15) is 8.78 Å². The molecule has 2 aromatic carbocycles. The summed E-state index contributed by atoms with van der Waals surface area (Å²) in [4.78, 5) is 2.31. The lowest BCUT2D eigenvalue weighted by Gasteiger charge is -2.29. The fourth-order valence-electron chi connectivity index (χ4n) is 2.89. The van der Waals surface area contributed by atoms with E-state index in [1.54, 1.807) is 0 Å². The van der Waals surface area contributed by atoms with Crippen molar-refractivity contribution < 1.29 is 8.78 Å². The SMILES string of the molecule is CC(CCc1ccc(F)cc1)SC1=CC=CCN1Cc1ccc(F)cc1. The zero-order valence-electron chi connectivity index (χ0n) is 14.9. The van der Waals surface area contributed by atoms with E-state index in [0.717, 1.165) is 31.5 Å². The predicted molar refractivity (Wildman–Crippen MR) is 106 cm³/mol. The van der Waals surface area contributed by atoms with Crippen molar-refractivity contribution >= 4 is 11.8 Å². The number of halogens is 2. The first-order valence-corrected chi connectivity index (χ1v) is 9.75. The Kier molecular flexibility index (Phi) is 6.51. The Morgan fingerprint density at radius 3 is 2.23 bits per heavy atom. The summed E-state index contributed by atoms with van der Waals surface area (Å²) in [6.07, 6.45) is 8.34. The van der Waals surface area contributed by atoms with Crippen molar-refractivity contribution in [2.45, 2.75) is 31.6 Å². The van der Waals surface area contributed by atoms with Gasteiger partial charge in [-0.25, -0.2) is 8.78 Å². The molecule has 0 fully saturated rings. The van der Waals surface area contributed by atoms with E-state index in [2.05, 4.69) is 30.1 Å². The molecule has 0 radical (unpaired) electrons. The maximum Gasteiger partial charge on any atom is 0.123 e. The maximum absolute atomic E-state index is 13.1. The lowest BCUT2D eigenvalue weighted by molar-refractivity contribution is 0.394. The van der Waals surface area contributed by atoms with Gasteiger partial charge in [0.25, 0.3) is 0 Å². The fraction of sp³-hybridized carbons (Fsp3) is 0.273. The minimum Gasteiger partial charge on any atom is -0.358 e. The normalized spacial score (nSPS) is 15.0. The van der Waals surface area contributed by atoms with Gasteiger partial charge in [0, 0.05) is 18.3 Å². The summed E-state index contributed by atoms with van der Waals surface area (Å²) >= 11 is 1.86. The second-order valence-corrected chi connectivity index (χ2v) is 7.99. The van der Waals surface area contributed by atoms with Crippen LogP contribution in [0.25, 0.3) is 0 Å². The Morgan fingerprint density at radius 1 is 0.962 bits per heavy atom. The molecule has 1 heterocycles. The molecule has 1 nitrogen and oxygen atoms in total. The molecular weight excluding hydrogens is 348 g/mol. The Balaban J connectivity index is 1.55. The van der Waals surface area contributed by atoms with Crippen molar-refractivity contribution in [3.8, 4) is 0 Å². The van der Waals surface area contributed by atoms with Gasteiger partial charge in [-0.15, -0.1) is 11.8 Å². The third kappa shape index (κ3) is 5.46. The van der Waals surface area contributed by atoms with Gasteiger partial charge in [-0.3, -0.25) is 0 Å². The van der Waals surface area contributed by atoms with Gasteiger partial charge in [0.1, 0.15) is 11.6 Å². The van der Waals surface area contributed by atoms with Crippen LogP contribution in [-0.4, -0.2) is 16.7 Å². The van der Waals surface area contributed by atoms with Crippen molar-refractivity contribution in [3.05, 3.63) is 94.5 Å². The number of hydrogen-bond donors (Lipinski definition) is 0. The molecule has 0 bridgehead atoms. The summed E-state index contributed by atoms with van der Waals surface area (Å²) in [6, 6.07) is 13.5. The average Bonchev–Trinajstić information content (AvgIpc) is 2.65. The molecule has 1 aliphatic rings. The molecule has 136 valence electrons. The number of nitrogens with zero attached hydrogens (tertiary/aromatic N) is 1. The van der Waals surface area contributed by atoms with Crippen LogP contribution in [0, 0.1) is 11.6 Å². The first-order chi connectivity index (χ1) is 12.6. The highest BCUT2D eigenvalue weighted by atomic mass is 32.2. The monoisotopic (exact) mass is 371 g/mol. The lowest BCUT2D eigenvalue weighted by Crippen LogP contribution is -2.24. The maximum atomic E-state index is 13.1. The number of benzene rings is 2. The van der Waals surface area contributed by atoms with Gasteiger partial charge < -0.3 is 4.90 Å². The fourth-order valence-corrected chi connectivity index (χ4v) is 3.98. The topological polar surface area (TPSA) is 3.24 Å². The van der Waals surface area contributed by atoms with E-state index in [-0.39, 0.29) is 11.6 Å². The molecule has 4 heteroatoms. The van der Waals surface area contributed by atoms with Crippen molar-refractivity contribution in [2.75, 3.05) is 6.54 Å². The third-order valence-electron chi connectivity index (χ3n) is 4.37. The molecule has 0 saturated heterocycles. The highest BCUT2D eigenvalue weighted by Gasteiger charge is 2.15. The number of allylic oxidation sites excluding steroid dienone is 2. The van der Waals surface area contributed by atoms with Gasteiger partial charge in [-0.2, -0.15) is 0 Å². The summed E-state index contributed by atoms with van der Waals surface area (Å²) in [7, 11) is 0. The van der Waals surface area contributed by atoms with E-state index >= 15 is 0 Å². The van der Waals surface area contributed by atoms with E-state index in [0.29, 0.717) is 5.25 Å². The van der Waals surface area contributed by atoms with E-state index in [1.165, 1.54) is 34.9 Å². The summed E-state index contributed by atoms with van der Waals surface area (Å²) in [5.41, 5.74) is 2.27. The molecule has 0 N–H and O–H groups in total. The molecule has 2 aromatic rings. The summed E-state index contributed by atoms with van der Waals surface area (Å²) in [5.74, 6) is -0.390. The smallest absolute Gasteiger partial charge is 0.123 e. The van der Waals surface area contributed by atoms with Crippen LogP contribution in [0.4, 0.5) is 8.78 Å². The molecule has 3 rings (SSSR count). The van der Waals surface area contributed by atoms with Crippen LogP contribution in [0.3, 0.4) is 0 Å².